The molecule has 8 nitrogen and oxygen atoms in total. The smallest absolute Gasteiger partial charge is 0.244 e. The van der Waals surface area contributed by atoms with Crippen molar-refractivity contribution >= 4 is 27.5 Å². The summed E-state index contributed by atoms with van der Waals surface area (Å²) >= 11 is 0. The van der Waals surface area contributed by atoms with Crippen LogP contribution in [0.15, 0.2) is 84.9 Å². The van der Waals surface area contributed by atoms with Gasteiger partial charge in [0.2, 0.25) is 21.8 Å². The van der Waals surface area contributed by atoms with Crippen LogP contribution in [0.4, 0.5) is 5.69 Å². The molecule has 1 N–H and O–H groups in total. The van der Waals surface area contributed by atoms with E-state index in [4.69, 9.17) is 4.74 Å². The second-order valence-electron chi connectivity index (χ2n) is 9.68. The van der Waals surface area contributed by atoms with E-state index in [1.807, 2.05) is 67.6 Å². The maximum absolute atomic E-state index is 13.6. The number of unbranched alkanes of at least 4 members (excludes halogenated alkanes) is 1. The van der Waals surface area contributed by atoms with Crippen molar-refractivity contribution in [2.24, 2.45) is 0 Å². The van der Waals surface area contributed by atoms with E-state index < -0.39 is 28.5 Å². The van der Waals surface area contributed by atoms with Crippen molar-refractivity contribution in [2.45, 2.75) is 45.8 Å². The number of amides is 2. The highest BCUT2D eigenvalue weighted by molar-refractivity contribution is 7.92. The first-order chi connectivity index (χ1) is 19.2. The second kappa shape index (κ2) is 15.1. The second-order valence-corrected chi connectivity index (χ2v) is 11.6. The van der Waals surface area contributed by atoms with Gasteiger partial charge in [-0.3, -0.25) is 13.9 Å². The molecule has 2 amide bonds. The van der Waals surface area contributed by atoms with Gasteiger partial charge in [0.05, 0.1) is 11.9 Å². The van der Waals surface area contributed by atoms with Crippen LogP contribution in [0.25, 0.3) is 0 Å². The molecule has 0 heterocycles. The van der Waals surface area contributed by atoms with Crippen LogP contribution < -0.4 is 14.4 Å². The van der Waals surface area contributed by atoms with Crippen molar-refractivity contribution in [3.8, 4) is 5.75 Å². The van der Waals surface area contributed by atoms with E-state index in [1.54, 1.807) is 31.2 Å². The number of ether oxygens (including phenoxy) is 1. The van der Waals surface area contributed by atoms with Gasteiger partial charge in [0.15, 0.2) is 0 Å². The topological polar surface area (TPSA) is 96.0 Å². The Bertz CT molecular complexity index is 1320. The summed E-state index contributed by atoms with van der Waals surface area (Å²) in [6.07, 6.45) is 3.37. The monoisotopic (exact) mass is 565 g/mol. The number of sulfonamides is 1. The summed E-state index contributed by atoms with van der Waals surface area (Å²) in [6.45, 7) is 4.46. The average molecular weight is 566 g/mol. The summed E-state index contributed by atoms with van der Waals surface area (Å²) < 4.78 is 32.5. The van der Waals surface area contributed by atoms with Crippen LogP contribution in [-0.2, 0) is 32.6 Å². The Morgan fingerprint density at radius 1 is 0.900 bits per heavy atom. The number of hydrogen-bond donors (Lipinski definition) is 1. The zero-order chi connectivity index (χ0) is 29.0. The van der Waals surface area contributed by atoms with Gasteiger partial charge in [0.25, 0.3) is 0 Å². The summed E-state index contributed by atoms with van der Waals surface area (Å²) in [5.74, 6) is -0.140. The molecule has 3 aromatic rings. The number of nitrogens with zero attached hydrogens (tertiary/aromatic N) is 2. The Morgan fingerprint density at radius 2 is 1.50 bits per heavy atom. The Kier molecular flexibility index (Phi) is 11.6. The van der Waals surface area contributed by atoms with Gasteiger partial charge in [-0.05, 0) is 55.2 Å². The van der Waals surface area contributed by atoms with Crippen molar-refractivity contribution in [2.75, 3.05) is 30.2 Å². The summed E-state index contributed by atoms with van der Waals surface area (Å²) in [4.78, 5) is 28.0. The van der Waals surface area contributed by atoms with Gasteiger partial charge in [-0.25, -0.2) is 8.42 Å². The van der Waals surface area contributed by atoms with Gasteiger partial charge in [-0.1, -0.05) is 74.0 Å². The van der Waals surface area contributed by atoms with E-state index in [-0.39, 0.29) is 12.5 Å². The fourth-order valence-electron chi connectivity index (χ4n) is 4.17. The molecule has 0 bridgehead atoms. The first kappa shape index (κ1) is 30.7. The standard InChI is InChI=1S/C31H39N3O5S/c1-4-5-21-32-31(36)25(2)33(22-20-26-12-8-6-9-13-26)30(35)23-34(40(3,37)38)28-16-18-29(19-17-28)39-24-27-14-10-7-11-15-27/h6-19,25H,4-5,20-24H2,1-3H3,(H,32,36)/t25-/m1/s1. The molecule has 1 atom stereocenters. The van der Waals surface area contributed by atoms with Gasteiger partial charge >= 0.3 is 0 Å². The molecule has 0 saturated carbocycles. The minimum atomic E-state index is -3.80. The molecule has 0 aliphatic carbocycles. The molecule has 0 spiro atoms. The van der Waals surface area contributed by atoms with E-state index >= 15 is 0 Å². The van der Waals surface area contributed by atoms with E-state index in [2.05, 4.69) is 5.32 Å². The van der Waals surface area contributed by atoms with Crippen LogP contribution >= 0.6 is 0 Å². The first-order valence-corrected chi connectivity index (χ1v) is 15.4. The van der Waals surface area contributed by atoms with Crippen LogP contribution in [0.5, 0.6) is 5.75 Å². The quantitative estimate of drug-likeness (QED) is 0.276. The summed E-state index contributed by atoms with van der Waals surface area (Å²) in [7, 11) is -3.80. The van der Waals surface area contributed by atoms with Gasteiger partial charge < -0.3 is 15.0 Å². The van der Waals surface area contributed by atoms with Crippen molar-refractivity contribution in [3.05, 3.63) is 96.1 Å². The zero-order valence-corrected chi connectivity index (χ0v) is 24.3. The average Bonchev–Trinajstić information content (AvgIpc) is 2.95. The molecule has 40 heavy (non-hydrogen) atoms. The third-order valence-electron chi connectivity index (χ3n) is 6.53. The number of carbonyl (C=O) groups excluding carboxylic acids is 2. The molecular weight excluding hydrogens is 526 g/mol. The fourth-order valence-corrected chi connectivity index (χ4v) is 5.02. The maximum atomic E-state index is 13.6. The summed E-state index contributed by atoms with van der Waals surface area (Å²) in [6, 6.07) is 25.2. The van der Waals surface area contributed by atoms with Crippen molar-refractivity contribution < 1.29 is 22.7 Å². The largest absolute Gasteiger partial charge is 0.489 e. The molecule has 3 aromatic carbocycles. The summed E-state index contributed by atoms with van der Waals surface area (Å²) in [5.41, 5.74) is 2.37. The molecular formula is C31H39N3O5S. The number of rotatable bonds is 15. The highest BCUT2D eigenvalue weighted by Crippen LogP contribution is 2.23. The summed E-state index contributed by atoms with van der Waals surface area (Å²) in [5, 5.41) is 2.88. The minimum absolute atomic E-state index is 0.263. The highest BCUT2D eigenvalue weighted by atomic mass is 32.2. The molecule has 0 radical (unpaired) electrons. The first-order valence-electron chi connectivity index (χ1n) is 13.5. The number of carbonyl (C=O) groups is 2. The van der Waals surface area contributed by atoms with Gasteiger partial charge in [0.1, 0.15) is 24.9 Å². The van der Waals surface area contributed by atoms with Crippen LogP contribution in [0, 0.1) is 0 Å². The minimum Gasteiger partial charge on any atom is -0.489 e. The predicted octanol–water partition coefficient (Wildman–Crippen LogP) is 4.41. The van der Waals surface area contributed by atoms with Crippen molar-refractivity contribution in [3.63, 3.8) is 0 Å². The lowest BCUT2D eigenvalue weighted by Crippen LogP contribution is -2.52. The molecule has 214 valence electrons. The normalized spacial score (nSPS) is 11.9. The van der Waals surface area contributed by atoms with E-state index in [9.17, 15) is 18.0 Å². The Morgan fingerprint density at radius 3 is 2.08 bits per heavy atom. The molecule has 0 fully saturated rings. The van der Waals surface area contributed by atoms with Crippen LogP contribution in [0.1, 0.15) is 37.8 Å². The third-order valence-corrected chi connectivity index (χ3v) is 7.67. The van der Waals surface area contributed by atoms with Gasteiger partial charge in [-0.15, -0.1) is 0 Å². The number of anilines is 1. The lowest BCUT2D eigenvalue weighted by atomic mass is 10.1. The van der Waals surface area contributed by atoms with E-state index in [0.29, 0.717) is 31.0 Å². The lowest BCUT2D eigenvalue weighted by molar-refractivity contribution is -0.138. The Labute approximate surface area is 238 Å². The van der Waals surface area contributed by atoms with E-state index in [1.165, 1.54) is 4.90 Å². The molecule has 0 unspecified atom stereocenters. The Balaban J connectivity index is 1.76. The zero-order valence-electron chi connectivity index (χ0n) is 23.5. The molecule has 0 aliphatic heterocycles. The SMILES string of the molecule is CCCCNC(=O)[C@@H](C)N(CCc1ccccc1)C(=O)CN(c1ccc(OCc2ccccc2)cc1)S(C)(=O)=O. The molecule has 3 rings (SSSR count). The number of hydrogen-bond acceptors (Lipinski definition) is 5. The number of nitrogens with one attached hydrogen (secondary N) is 1. The molecule has 0 aromatic heterocycles. The maximum Gasteiger partial charge on any atom is 0.244 e. The third kappa shape index (κ3) is 9.41. The molecule has 0 aliphatic rings. The van der Waals surface area contributed by atoms with Crippen LogP contribution in [0.2, 0.25) is 0 Å². The van der Waals surface area contributed by atoms with Gasteiger partial charge in [0, 0.05) is 13.1 Å². The van der Waals surface area contributed by atoms with E-state index in [0.717, 1.165) is 34.5 Å². The molecule has 0 saturated heterocycles. The van der Waals surface area contributed by atoms with Crippen molar-refractivity contribution in [1.82, 2.24) is 10.2 Å². The molecule has 9 heteroatoms. The van der Waals surface area contributed by atoms with Crippen molar-refractivity contribution in [1.29, 1.82) is 0 Å². The number of benzene rings is 3. The predicted molar refractivity (Wildman–Crippen MR) is 159 cm³/mol. The lowest BCUT2D eigenvalue weighted by Gasteiger charge is -2.31. The van der Waals surface area contributed by atoms with Crippen LogP contribution in [-0.4, -0.2) is 57.1 Å². The highest BCUT2D eigenvalue weighted by Gasteiger charge is 2.29. The van der Waals surface area contributed by atoms with Crippen LogP contribution in [0.3, 0.4) is 0 Å². The Hall–Kier alpha value is -3.85. The van der Waals surface area contributed by atoms with Gasteiger partial charge in [-0.2, -0.15) is 0 Å². The fraction of sp³-hybridized carbons (Fsp3) is 0.355.